The van der Waals surface area contributed by atoms with Crippen LogP contribution < -0.4 is 4.90 Å². The number of anilines is 1. The van der Waals surface area contributed by atoms with Gasteiger partial charge in [0.1, 0.15) is 5.25 Å². The van der Waals surface area contributed by atoms with E-state index in [1.54, 1.807) is 40.6 Å². The highest BCUT2D eigenvalue weighted by Crippen LogP contribution is 2.38. The second kappa shape index (κ2) is 9.65. The van der Waals surface area contributed by atoms with Crippen molar-refractivity contribution < 1.29 is 9.59 Å². The lowest BCUT2D eigenvalue weighted by molar-refractivity contribution is -0.121. The van der Waals surface area contributed by atoms with Gasteiger partial charge in [0.15, 0.2) is 5.17 Å². The van der Waals surface area contributed by atoms with Crippen LogP contribution in [0.1, 0.15) is 29.3 Å². The second-order valence-corrected chi connectivity index (χ2v) is 11.3. The molecule has 0 bridgehead atoms. The molecular formula is C24H18BrClN4O2S2. The number of rotatable bonds is 4. The Bertz CT molecular complexity index is 1300. The molecule has 2 aromatic carbocycles. The van der Waals surface area contributed by atoms with Crippen molar-refractivity contribution in [3.05, 3.63) is 86.0 Å². The Morgan fingerprint density at radius 3 is 2.62 bits per heavy atom. The zero-order valence-corrected chi connectivity index (χ0v) is 21.6. The van der Waals surface area contributed by atoms with Crippen molar-refractivity contribution in [2.24, 2.45) is 5.10 Å². The van der Waals surface area contributed by atoms with E-state index in [4.69, 9.17) is 22.1 Å². The Labute approximate surface area is 218 Å². The normalized spacial score (nSPS) is 20.2. The molecule has 10 heteroatoms. The van der Waals surface area contributed by atoms with Crippen molar-refractivity contribution >= 4 is 79.0 Å². The molecule has 2 aliphatic heterocycles. The molecule has 5 rings (SSSR count). The molecule has 0 radical (unpaired) electrons. The van der Waals surface area contributed by atoms with E-state index < -0.39 is 5.25 Å². The van der Waals surface area contributed by atoms with Gasteiger partial charge in [-0.05, 0) is 47.3 Å². The summed E-state index contributed by atoms with van der Waals surface area (Å²) < 4.78 is 0.973. The molecule has 6 nitrogen and oxygen atoms in total. The highest BCUT2D eigenvalue weighted by molar-refractivity contribution is 9.10. The third-order valence-corrected chi connectivity index (χ3v) is 8.35. The van der Waals surface area contributed by atoms with Crippen LogP contribution in [0.3, 0.4) is 0 Å². The number of hydrogen-bond donors (Lipinski definition) is 1. The number of carbonyl (C=O) groups excluding carboxylic acids is 2. The number of imide groups is 1. The van der Waals surface area contributed by atoms with Crippen molar-refractivity contribution in [2.45, 2.75) is 24.1 Å². The average molecular weight is 574 g/mol. The molecule has 2 atom stereocenters. The number of benzene rings is 2. The van der Waals surface area contributed by atoms with Crippen molar-refractivity contribution in [2.75, 3.05) is 4.90 Å². The van der Waals surface area contributed by atoms with Crippen molar-refractivity contribution in [3.8, 4) is 0 Å². The van der Waals surface area contributed by atoms with E-state index in [0.717, 1.165) is 37.3 Å². The van der Waals surface area contributed by atoms with Gasteiger partial charge >= 0.3 is 0 Å². The summed E-state index contributed by atoms with van der Waals surface area (Å²) >= 11 is 12.2. The number of carbonyl (C=O) groups is 2. The van der Waals surface area contributed by atoms with E-state index in [1.165, 1.54) is 0 Å². The van der Waals surface area contributed by atoms with Crippen LogP contribution in [0.5, 0.6) is 0 Å². The summed E-state index contributed by atoms with van der Waals surface area (Å²) in [6.07, 6.45) is 0.675. The number of nitrogens with one attached hydrogen (secondary N) is 1. The first-order valence-electron chi connectivity index (χ1n) is 10.4. The number of nitrogens with zero attached hydrogens (tertiary/aromatic N) is 3. The van der Waals surface area contributed by atoms with E-state index in [1.807, 2.05) is 41.8 Å². The van der Waals surface area contributed by atoms with E-state index in [9.17, 15) is 9.59 Å². The first kappa shape index (κ1) is 23.3. The fraction of sp³-hybridized carbons (Fsp3) is 0.167. The summed E-state index contributed by atoms with van der Waals surface area (Å²) in [4.78, 5) is 28.0. The molecule has 1 fully saturated rings. The van der Waals surface area contributed by atoms with Crippen LogP contribution in [0.25, 0.3) is 0 Å². The van der Waals surface area contributed by atoms with Crippen molar-refractivity contribution in [1.82, 2.24) is 5.01 Å². The van der Waals surface area contributed by atoms with Crippen LogP contribution >= 0.6 is 50.6 Å². The molecular weight excluding hydrogens is 556 g/mol. The number of halogens is 2. The van der Waals surface area contributed by atoms with Gasteiger partial charge in [-0.2, -0.15) is 5.10 Å². The van der Waals surface area contributed by atoms with Gasteiger partial charge in [-0.25, -0.2) is 9.91 Å². The second-order valence-electron chi connectivity index (χ2n) is 7.80. The molecule has 3 heterocycles. The molecule has 0 unspecified atom stereocenters. The number of amidine groups is 1. The highest BCUT2D eigenvalue weighted by Gasteiger charge is 2.42. The van der Waals surface area contributed by atoms with E-state index in [2.05, 4.69) is 15.9 Å². The summed E-state index contributed by atoms with van der Waals surface area (Å²) in [6.45, 7) is 0. The molecule has 0 spiro atoms. The maximum absolute atomic E-state index is 13.1. The topological polar surface area (TPSA) is 76.8 Å². The van der Waals surface area contributed by atoms with Gasteiger partial charge in [-0.3, -0.25) is 15.0 Å². The van der Waals surface area contributed by atoms with E-state index in [-0.39, 0.29) is 29.4 Å². The standard InChI is InChI=1S/C24H18BrClN4O2S2/c25-15-8-6-14(7-9-15)19-12-18(20-5-2-10-33-20)28-30(19)24(27)34-21-13-22(31)29(23(21)32)17-4-1-3-16(26)11-17/h1-11,19,21,27H,12-13H2/t19-,21-/m1/s1. The highest BCUT2D eigenvalue weighted by atomic mass is 79.9. The number of hydrogen-bond acceptors (Lipinski definition) is 6. The quantitative estimate of drug-likeness (QED) is 0.225. The Morgan fingerprint density at radius 2 is 1.91 bits per heavy atom. The number of thiophene rings is 1. The Balaban J connectivity index is 1.38. The number of thioether (sulfide) groups is 1. The smallest absolute Gasteiger partial charge is 0.247 e. The Hall–Kier alpha value is -2.46. The summed E-state index contributed by atoms with van der Waals surface area (Å²) in [7, 11) is 0. The summed E-state index contributed by atoms with van der Waals surface area (Å²) in [5.74, 6) is -0.643. The molecule has 172 valence electrons. The Morgan fingerprint density at radius 1 is 1.12 bits per heavy atom. The molecule has 34 heavy (non-hydrogen) atoms. The third kappa shape index (κ3) is 4.57. The molecule has 1 N–H and O–H groups in total. The molecule has 2 aliphatic rings. The maximum Gasteiger partial charge on any atom is 0.247 e. The third-order valence-electron chi connectivity index (χ3n) is 5.60. The number of hydrazone groups is 1. The van der Waals surface area contributed by atoms with Crippen LogP contribution in [0, 0.1) is 5.41 Å². The minimum atomic E-state index is -0.689. The predicted octanol–water partition coefficient (Wildman–Crippen LogP) is 6.32. The van der Waals surface area contributed by atoms with Gasteiger partial charge in [0.25, 0.3) is 0 Å². The SMILES string of the molecule is N=C(S[C@@H]1CC(=O)N(c2cccc(Cl)c2)C1=O)N1N=C(c2cccs2)C[C@@H]1c1ccc(Br)cc1. The zero-order chi connectivity index (χ0) is 23.8. The molecule has 0 aliphatic carbocycles. The lowest BCUT2D eigenvalue weighted by atomic mass is 10.0. The molecule has 1 saturated heterocycles. The zero-order valence-electron chi connectivity index (χ0n) is 17.7. The fourth-order valence-electron chi connectivity index (χ4n) is 4.01. The lowest BCUT2D eigenvalue weighted by Gasteiger charge is -2.24. The van der Waals surface area contributed by atoms with E-state index >= 15 is 0 Å². The first-order valence-corrected chi connectivity index (χ1v) is 13.4. The molecule has 3 aromatic rings. The molecule has 1 aromatic heterocycles. The lowest BCUT2D eigenvalue weighted by Crippen LogP contribution is -2.32. The van der Waals surface area contributed by atoms with Crippen molar-refractivity contribution in [1.29, 1.82) is 5.41 Å². The van der Waals surface area contributed by atoms with Crippen LogP contribution in [0.2, 0.25) is 5.02 Å². The minimum Gasteiger partial charge on any atom is -0.277 e. The van der Waals surface area contributed by atoms with Crippen LogP contribution in [0.4, 0.5) is 5.69 Å². The maximum atomic E-state index is 13.1. The van der Waals surface area contributed by atoms with Crippen LogP contribution in [-0.4, -0.2) is 33.0 Å². The summed E-state index contributed by atoms with van der Waals surface area (Å²) in [6, 6.07) is 18.5. The van der Waals surface area contributed by atoms with Gasteiger partial charge in [0.05, 0.1) is 22.3 Å². The monoisotopic (exact) mass is 572 g/mol. The average Bonchev–Trinajstić information content (AvgIpc) is 3.54. The van der Waals surface area contributed by atoms with Crippen molar-refractivity contribution in [3.63, 3.8) is 0 Å². The van der Waals surface area contributed by atoms with E-state index in [0.29, 0.717) is 17.1 Å². The van der Waals surface area contributed by atoms with Gasteiger partial charge in [0.2, 0.25) is 11.8 Å². The predicted molar refractivity (Wildman–Crippen MR) is 142 cm³/mol. The van der Waals surface area contributed by atoms with Gasteiger partial charge in [-0.15, -0.1) is 11.3 Å². The largest absolute Gasteiger partial charge is 0.277 e. The molecule has 2 amide bonds. The van der Waals surface area contributed by atoms with Gasteiger partial charge in [0, 0.05) is 22.3 Å². The minimum absolute atomic E-state index is 0.0245. The molecule has 0 saturated carbocycles. The van der Waals surface area contributed by atoms with Crippen LogP contribution in [-0.2, 0) is 9.59 Å². The Kier molecular flexibility index (Phi) is 6.61. The summed E-state index contributed by atoms with van der Waals surface area (Å²) in [5.41, 5.74) is 2.38. The van der Waals surface area contributed by atoms with Crippen LogP contribution in [0.15, 0.2) is 75.6 Å². The van der Waals surface area contributed by atoms with Gasteiger partial charge in [-0.1, -0.05) is 63.6 Å². The van der Waals surface area contributed by atoms with Gasteiger partial charge < -0.3 is 0 Å². The number of amides is 2. The summed E-state index contributed by atoms with van der Waals surface area (Å²) in [5, 5.41) is 17.2. The fourth-order valence-corrected chi connectivity index (χ4v) is 6.15. The first-order chi connectivity index (χ1) is 16.4.